The summed E-state index contributed by atoms with van der Waals surface area (Å²) in [6, 6.07) is 8.51. The minimum Gasteiger partial charge on any atom is -0.457 e. The van der Waals surface area contributed by atoms with Crippen molar-refractivity contribution in [2.45, 2.75) is 32.3 Å². The average Bonchev–Trinajstić information content (AvgIpc) is 3.13. The lowest BCUT2D eigenvalue weighted by molar-refractivity contribution is 0.151. The molecule has 1 fully saturated rings. The number of hydrogen-bond donors (Lipinski definition) is 1. The first-order valence-corrected chi connectivity index (χ1v) is 7.65. The molecule has 1 aliphatic carbocycles. The maximum Gasteiger partial charge on any atom is 0.133 e. The van der Waals surface area contributed by atoms with Gasteiger partial charge in [0.05, 0.1) is 5.60 Å². The van der Waals surface area contributed by atoms with Crippen molar-refractivity contribution in [3.8, 4) is 11.5 Å². The molecule has 0 unspecified atom stereocenters. The van der Waals surface area contributed by atoms with Gasteiger partial charge in [-0.1, -0.05) is 15.9 Å². The highest BCUT2D eigenvalue weighted by Gasteiger charge is 2.42. The van der Waals surface area contributed by atoms with E-state index in [1.54, 1.807) is 0 Å². The molecule has 2 aromatic rings. The van der Waals surface area contributed by atoms with E-state index in [9.17, 15) is 9.50 Å². The third-order valence-electron chi connectivity index (χ3n) is 3.78. The van der Waals surface area contributed by atoms with Gasteiger partial charge >= 0.3 is 0 Å². The lowest BCUT2D eigenvalue weighted by Gasteiger charge is -2.15. The van der Waals surface area contributed by atoms with Crippen LogP contribution in [0.2, 0.25) is 0 Å². The van der Waals surface area contributed by atoms with Gasteiger partial charge in [0.15, 0.2) is 0 Å². The van der Waals surface area contributed by atoms with Crippen molar-refractivity contribution in [2.75, 3.05) is 0 Å². The Balaban J connectivity index is 1.97. The highest BCUT2D eigenvalue weighted by Crippen LogP contribution is 2.47. The Bertz CT molecular complexity index is 685. The van der Waals surface area contributed by atoms with Crippen molar-refractivity contribution in [3.05, 3.63) is 57.3 Å². The monoisotopic (exact) mass is 350 g/mol. The molecule has 0 amide bonds. The maximum atomic E-state index is 13.3. The zero-order chi connectivity index (χ0) is 15.2. The molecule has 0 saturated heterocycles. The van der Waals surface area contributed by atoms with Gasteiger partial charge in [-0.15, -0.1) is 0 Å². The summed E-state index contributed by atoms with van der Waals surface area (Å²) < 4.78 is 20.1. The first-order chi connectivity index (χ1) is 9.87. The van der Waals surface area contributed by atoms with Gasteiger partial charge in [-0.2, -0.15) is 0 Å². The van der Waals surface area contributed by atoms with Crippen LogP contribution in [0.4, 0.5) is 4.39 Å². The SMILES string of the molecule is Cc1cc(F)cc(C)c1Oc1cc(Br)cc(C2(O)CC2)c1. The minimum atomic E-state index is -0.714. The van der Waals surface area contributed by atoms with Crippen LogP contribution >= 0.6 is 15.9 Å². The second-order valence-corrected chi connectivity index (χ2v) is 6.59. The molecule has 0 heterocycles. The van der Waals surface area contributed by atoms with Gasteiger partial charge in [0.25, 0.3) is 0 Å². The van der Waals surface area contributed by atoms with E-state index in [0.29, 0.717) is 11.5 Å². The molecule has 21 heavy (non-hydrogen) atoms. The zero-order valence-electron chi connectivity index (χ0n) is 11.9. The molecule has 1 N–H and O–H groups in total. The summed E-state index contributed by atoms with van der Waals surface area (Å²) in [5.74, 6) is 1.03. The van der Waals surface area contributed by atoms with Crippen molar-refractivity contribution in [2.24, 2.45) is 0 Å². The van der Waals surface area contributed by atoms with E-state index in [1.807, 2.05) is 32.0 Å². The van der Waals surface area contributed by atoms with E-state index in [1.165, 1.54) is 12.1 Å². The van der Waals surface area contributed by atoms with Crippen molar-refractivity contribution < 1.29 is 14.2 Å². The fourth-order valence-corrected chi connectivity index (χ4v) is 2.95. The molecule has 0 aliphatic heterocycles. The largest absolute Gasteiger partial charge is 0.457 e. The third kappa shape index (κ3) is 2.97. The first-order valence-electron chi connectivity index (χ1n) is 6.85. The normalized spacial score (nSPS) is 15.9. The van der Waals surface area contributed by atoms with Gasteiger partial charge in [-0.25, -0.2) is 4.39 Å². The van der Waals surface area contributed by atoms with Crippen molar-refractivity contribution in [1.29, 1.82) is 0 Å². The maximum absolute atomic E-state index is 13.3. The molecule has 110 valence electrons. The molecule has 0 aromatic heterocycles. The van der Waals surface area contributed by atoms with Gasteiger partial charge in [-0.05, 0) is 73.7 Å². The van der Waals surface area contributed by atoms with Gasteiger partial charge in [0.2, 0.25) is 0 Å². The highest BCUT2D eigenvalue weighted by atomic mass is 79.9. The average molecular weight is 351 g/mol. The van der Waals surface area contributed by atoms with E-state index in [-0.39, 0.29) is 5.82 Å². The third-order valence-corrected chi connectivity index (χ3v) is 4.24. The second kappa shape index (κ2) is 5.11. The molecule has 2 aromatic carbocycles. The Morgan fingerprint density at radius 3 is 2.29 bits per heavy atom. The van der Waals surface area contributed by atoms with E-state index in [2.05, 4.69) is 15.9 Å². The number of benzene rings is 2. The molecule has 0 bridgehead atoms. The number of aliphatic hydroxyl groups is 1. The van der Waals surface area contributed by atoms with Crippen LogP contribution in [0.3, 0.4) is 0 Å². The smallest absolute Gasteiger partial charge is 0.133 e. The van der Waals surface area contributed by atoms with Crippen LogP contribution in [0.1, 0.15) is 29.5 Å². The van der Waals surface area contributed by atoms with Crippen LogP contribution in [-0.4, -0.2) is 5.11 Å². The first kappa shape index (κ1) is 14.5. The number of aryl methyl sites for hydroxylation is 2. The predicted molar refractivity (Wildman–Crippen MR) is 83.2 cm³/mol. The number of ether oxygens (including phenoxy) is 1. The van der Waals surface area contributed by atoms with Crippen LogP contribution in [0.15, 0.2) is 34.8 Å². The molecule has 3 rings (SSSR count). The summed E-state index contributed by atoms with van der Waals surface area (Å²) >= 11 is 3.44. The summed E-state index contributed by atoms with van der Waals surface area (Å²) in [5, 5.41) is 10.2. The molecule has 1 aliphatic rings. The molecule has 4 heteroatoms. The van der Waals surface area contributed by atoms with Crippen LogP contribution in [0.5, 0.6) is 11.5 Å². The number of halogens is 2. The fraction of sp³-hybridized carbons (Fsp3) is 0.294. The number of hydrogen-bond acceptors (Lipinski definition) is 2. The van der Waals surface area contributed by atoms with E-state index < -0.39 is 5.60 Å². The fourth-order valence-electron chi connectivity index (χ4n) is 2.47. The van der Waals surface area contributed by atoms with E-state index in [0.717, 1.165) is 34.0 Å². The lowest BCUT2D eigenvalue weighted by Crippen LogP contribution is -2.04. The molecular formula is C17H16BrFO2. The Morgan fingerprint density at radius 1 is 1.10 bits per heavy atom. The summed E-state index contributed by atoms with van der Waals surface area (Å²) in [5.41, 5.74) is 1.64. The molecular weight excluding hydrogens is 335 g/mol. The topological polar surface area (TPSA) is 29.5 Å². The van der Waals surface area contributed by atoms with Crippen molar-refractivity contribution in [1.82, 2.24) is 0 Å². The quantitative estimate of drug-likeness (QED) is 0.845. The van der Waals surface area contributed by atoms with Crippen LogP contribution in [0, 0.1) is 19.7 Å². The Hall–Kier alpha value is -1.39. The zero-order valence-corrected chi connectivity index (χ0v) is 13.5. The molecule has 0 spiro atoms. The second-order valence-electron chi connectivity index (χ2n) is 5.68. The summed E-state index contributed by atoms with van der Waals surface area (Å²) in [4.78, 5) is 0. The predicted octanol–water partition coefficient (Wildman–Crippen LogP) is 4.98. The number of rotatable bonds is 3. The molecule has 2 nitrogen and oxygen atoms in total. The Kier molecular flexibility index (Phi) is 3.54. The highest BCUT2D eigenvalue weighted by molar-refractivity contribution is 9.10. The Morgan fingerprint density at radius 2 is 1.71 bits per heavy atom. The summed E-state index contributed by atoms with van der Waals surface area (Å²) in [6.45, 7) is 3.64. The Labute approximate surface area is 131 Å². The van der Waals surface area contributed by atoms with Crippen LogP contribution in [0.25, 0.3) is 0 Å². The summed E-state index contributed by atoms with van der Waals surface area (Å²) in [7, 11) is 0. The van der Waals surface area contributed by atoms with Crippen molar-refractivity contribution >= 4 is 15.9 Å². The van der Waals surface area contributed by atoms with E-state index >= 15 is 0 Å². The van der Waals surface area contributed by atoms with E-state index in [4.69, 9.17) is 4.74 Å². The lowest BCUT2D eigenvalue weighted by atomic mass is 10.1. The molecule has 1 saturated carbocycles. The molecule has 0 atom stereocenters. The van der Waals surface area contributed by atoms with Crippen molar-refractivity contribution in [3.63, 3.8) is 0 Å². The van der Waals surface area contributed by atoms with Gasteiger partial charge in [-0.3, -0.25) is 0 Å². The standard InChI is InChI=1S/C17H16BrFO2/c1-10-5-14(19)6-11(2)16(10)21-15-8-12(7-13(18)9-15)17(20)3-4-17/h5-9,20H,3-4H2,1-2H3. The van der Waals surface area contributed by atoms with Gasteiger partial charge in [0.1, 0.15) is 17.3 Å². The minimum absolute atomic E-state index is 0.264. The van der Waals surface area contributed by atoms with Gasteiger partial charge < -0.3 is 9.84 Å². The molecule has 0 radical (unpaired) electrons. The van der Waals surface area contributed by atoms with Crippen LogP contribution < -0.4 is 4.74 Å². The summed E-state index contributed by atoms with van der Waals surface area (Å²) in [6.07, 6.45) is 1.55. The van der Waals surface area contributed by atoms with Crippen LogP contribution in [-0.2, 0) is 5.60 Å². The van der Waals surface area contributed by atoms with Gasteiger partial charge in [0, 0.05) is 4.47 Å².